The van der Waals surface area contributed by atoms with Crippen LogP contribution in [0.15, 0.2) is 28.7 Å². The second kappa shape index (κ2) is 7.07. The van der Waals surface area contributed by atoms with Crippen molar-refractivity contribution >= 4 is 27.7 Å². The summed E-state index contributed by atoms with van der Waals surface area (Å²) in [5.41, 5.74) is 5.69. The summed E-state index contributed by atoms with van der Waals surface area (Å²) >= 11 is 3.45. The van der Waals surface area contributed by atoms with E-state index in [0.717, 1.165) is 38.2 Å². The van der Waals surface area contributed by atoms with E-state index in [1.165, 1.54) is 0 Å². The van der Waals surface area contributed by atoms with Gasteiger partial charge in [0.05, 0.1) is 17.8 Å². The summed E-state index contributed by atoms with van der Waals surface area (Å²) in [4.78, 5) is 12.7. The molecule has 2 heterocycles. The summed E-state index contributed by atoms with van der Waals surface area (Å²) in [5.74, 6) is 0.625. The van der Waals surface area contributed by atoms with Crippen LogP contribution in [0.1, 0.15) is 22.6 Å². The molecular formula is C19H22BrN5O. The molecule has 0 atom stereocenters. The molecule has 2 aromatic heterocycles. The molecule has 136 valence electrons. The van der Waals surface area contributed by atoms with Gasteiger partial charge in [-0.15, -0.1) is 0 Å². The van der Waals surface area contributed by atoms with Gasteiger partial charge in [-0.2, -0.15) is 10.2 Å². The zero-order valence-electron chi connectivity index (χ0n) is 15.6. The Balaban J connectivity index is 1.90. The van der Waals surface area contributed by atoms with Crippen molar-refractivity contribution < 1.29 is 4.79 Å². The molecule has 0 saturated heterocycles. The van der Waals surface area contributed by atoms with E-state index in [0.29, 0.717) is 5.82 Å². The van der Waals surface area contributed by atoms with Crippen LogP contribution in [-0.2, 0) is 25.3 Å². The van der Waals surface area contributed by atoms with Crippen molar-refractivity contribution in [3.63, 3.8) is 0 Å². The van der Waals surface area contributed by atoms with Crippen molar-refractivity contribution in [3.05, 3.63) is 51.4 Å². The molecule has 1 amide bonds. The molecule has 26 heavy (non-hydrogen) atoms. The Morgan fingerprint density at radius 1 is 1.04 bits per heavy atom. The molecule has 0 aliphatic rings. The number of aryl methyl sites for hydroxylation is 4. The molecule has 6 nitrogen and oxygen atoms in total. The van der Waals surface area contributed by atoms with Gasteiger partial charge in [-0.3, -0.25) is 14.2 Å². The molecular weight excluding hydrogens is 394 g/mol. The number of anilines is 1. The number of amides is 1. The normalized spacial score (nSPS) is 11.0. The number of nitrogens with zero attached hydrogens (tertiary/aromatic N) is 4. The molecule has 7 heteroatoms. The summed E-state index contributed by atoms with van der Waals surface area (Å²) in [6.07, 6.45) is 0.287. The van der Waals surface area contributed by atoms with Gasteiger partial charge in [-0.1, -0.05) is 28.1 Å². The molecule has 3 aromatic rings. The second-order valence-corrected chi connectivity index (χ2v) is 7.35. The minimum absolute atomic E-state index is 0.0782. The van der Waals surface area contributed by atoms with Gasteiger partial charge in [0.25, 0.3) is 0 Å². The van der Waals surface area contributed by atoms with Crippen LogP contribution in [0.2, 0.25) is 0 Å². The number of aromatic nitrogens is 4. The average molecular weight is 416 g/mol. The summed E-state index contributed by atoms with van der Waals surface area (Å²) < 4.78 is 4.53. The lowest BCUT2D eigenvalue weighted by Gasteiger charge is -2.10. The molecule has 0 aliphatic carbocycles. The molecule has 0 bridgehead atoms. The quantitative estimate of drug-likeness (QED) is 0.706. The topological polar surface area (TPSA) is 64.7 Å². The van der Waals surface area contributed by atoms with E-state index in [2.05, 4.69) is 31.4 Å². The average Bonchev–Trinajstić information content (AvgIpc) is 2.98. The van der Waals surface area contributed by atoms with Crippen LogP contribution in [-0.4, -0.2) is 25.5 Å². The monoisotopic (exact) mass is 415 g/mol. The van der Waals surface area contributed by atoms with Gasteiger partial charge in [0.2, 0.25) is 5.91 Å². The number of benzene rings is 1. The molecule has 0 spiro atoms. The Bertz CT molecular complexity index is 969. The number of hydrogen-bond acceptors (Lipinski definition) is 3. The van der Waals surface area contributed by atoms with Crippen molar-refractivity contribution in [1.82, 2.24) is 19.6 Å². The fourth-order valence-electron chi connectivity index (χ4n) is 3.17. The number of carbonyl (C=O) groups is 1. The van der Waals surface area contributed by atoms with Crippen LogP contribution in [0, 0.1) is 20.8 Å². The number of halogens is 1. The third kappa shape index (κ3) is 3.44. The maximum atomic E-state index is 12.7. The lowest BCUT2D eigenvalue weighted by Crippen LogP contribution is -2.18. The Hall–Kier alpha value is -2.41. The fourth-order valence-corrected chi connectivity index (χ4v) is 3.44. The predicted octanol–water partition coefficient (Wildman–Crippen LogP) is 3.69. The van der Waals surface area contributed by atoms with E-state index in [1.54, 1.807) is 9.36 Å². The lowest BCUT2D eigenvalue weighted by atomic mass is 10.1. The van der Waals surface area contributed by atoms with Gasteiger partial charge in [0, 0.05) is 35.4 Å². The Morgan fingerprint density at radius 3 is 2.23 bits per heavy atom. The van der Waals surface area contributed by atoms with Crippen molar-refractivity contribution in [2.45, 2.75) is 27.2 Å². The largest absolute Gasteiger partial charge is 0.310 e. The van der Waals surface area contributed by atoms with E-state index in [1.807, 2.05) is 59.1 Å². The van der Waals surface area contributed by atoms with Gasteiger partial charge >= 0.3 is 0 Å². The first-order chi connectivity index (χ1) is 12.3. The van der Waals surface area contributed by atoms with Gasteiger partial charge in [0.15, 0.2) is 0 Å². The van der Waals surface area contributed by atoms with Crippen LogP contribution < -0.4 is 5.32 Å². The van der Waals surface area contributed by atoms with Crippen LogP contribution in [0.5, 0.6) is 0 Å². The minimum atomic E-state index is -0.0782. The zero-order chi connectivity index (χ0) is 19.0. The maximum Gasteiger partial charge on any atom is 0.230 e. The maximum absolute atomic E-state index is 12.7. The highest BCUT2D eigenvalue weighted by atomic mass is 79.9. The van der Waals surface area contributed by atoms with E-state index in [4.69, 9.17) is 0 Å². The third-order valence-electron chi connectivity index (χ3n) is 4.61. The van der Waals surface area contributed by atoms with Crippen LogP contribution in [0.25, 0.3) is 11.1 Å². The molecule has 0 unspecified atom stereocenters. The molecule has 1 N–H and O–H groups in total. The first-order valence-electron chi connectivity index (χ1n) is 8.36. The van der Waals surface area contributed by atoms with E-state index >= 15 is 0 Å². The Morgan fingerprint density at radius 2 is 1.65 bits per heavy atom. The molecule has 0 saturated carbocycles. The van der Waals surface area contributed by atoms with E-state index in [9.17, 15) is 4.79 Å². The predicted molar refractivity (Wildman–Crippen MR) is 106 cm³/mol. The first kappa shape index (κ1) is 18.4. The standard InChI is InChI=1S/C19H22BrN5O/c1-11-16(13(3)24(4)22-11)10-17(26)21-19-18(12(2)23-25(19)5)14-6-8-15(20)9-7-14/h6-9H,10H2,1-5H3,(H,21,26). The highest BCUT2D eigenvalue weighted by Gasteiger charge is 2.19. The zero-order valence-corrected chi connectivity index (χ0v) is 17.2. The lowest BCUT2D eigenvalue weighted by molar-refractivity contribution is -0.115. The molecule has 0 radical (unpaired) electrons. The summed E-state index contributed by atoms with van der Waals surface area (Å²) in [6.45, 7) is 5.85. The molecule has 0 aliphatic heterocycles. The third-order valence-corrected chi connectivity index (χ3v) is 5.14. The van der Waals surface area contributed by atoms with Gasteiger partial charge in [-0.05, 0) is 38.5 Å². The number of carbonyl (C=O) groups excluding carboxylic acids is 1. The number of hydrogen-bond donors (Lipinski definition) is 1. The van der Waals surface area contributed by atoms with Gasteiger partial charge < -0.3 is 5.32 Å². The van der Waals surface area contributed by atoms with E-state index < -0.39 is 0 Å². The van der Waals surface area contributed by atoms with Crippen molar-refractivity contribution in [3.8, 4) is 11.1 Å². The Kier molecular flexibility index (Phi) is 5.00. The SMILES string of the molecule is Cc1nn(C)c(C)c1CC(=O)Nc1c(-c2ccc(Br)cc2)c(C)nn1C. The molecule has 1 aromatic carbocycles. The van der Waals surface area contributed by atoms with E-state index in [-0.39, 0.29) is 12.3 Å². The summed E-state index contributed by atoms with van der Waals surface area (Å²) in [5, 5.41) is 11.9. The summed E-state index contributed by atoms with van der Waals surface area (Å²) in [6, 6.07) is 7.99. The van der Waals surface area contributed by atoms with Crippen molar-refractivity contribution in [2.75, 3.05) is 5.32 Å². The Labute approximate surface area is 161 Å². The first-order valence-corrected chi connectivity index (χ1v) is 9.15. The number of rotatable bonds is 4. The van der Waals surface area contributed by atoms with Crippen LogP contribution in [0.3, 0.4) is 0 Å². The fraction of sp³-hybridized carbons (Fsp3) is 0.316. The van der Waals surface area contributed by atoms with Gasteiger partial charge in [0.1, 0.15) is 5.82 Å². The highest BCUT2D eigenvalue weighted by molar-refractivity contribution is 9.10. The number of nitrogens with one attached hydrogen (secondary N) is 1. The van der Waals surface area contributed by atoms with Crippen LogP contribution in [0.4, 0.5) is 5.82 Å². The van der Waals surface area contributed by atoms with Crippen molar-refractivity contribution in [1.29, 1.82) is 0 Å². The second-order valence-electron chi connectivity index (χ2n) is 6.44. The molecule has 3 rings (SSSR count). The highest BCUT2D eigenvalue weighted by Crippen LogP contribution is 2.32. The smallest absolute Gasteiger partial charge is 0.230 e. The molecule has 0 fully saturated rings. The van der Waals surface area contributed by atoms with Crippen molar-refractivity contribution in [2.24, 2.45) is 14.1 Å². The summed E-state index contributed by atoms with van der Waals surface area (Å²) in [7, 11) is 3.73. The minimum Gasteiger partial charge on any atom is -0.310 e. The van der Waals surface area contributed by atoms with Gasteiger partial charge in [-0.25, -0.2) is 0 Å². The van der Waals surface area contributed by atoms with Crippen LogP contribution >= 0.6 is 15.9 Å².